The lowest BCUT2D eigenvalue weighted by Crippen LogP contribution is -2.36. The Hall–Kier alpha value is -0.670. The third-order valence-corrected chi connectivity index (χ3v) is 4.69. The molecule has 0 bridgehead atoms. The number of nitrogens with zero attached hydrogens (tertiary/aromatic N) is 2. The van der Waals surface area contributed by atoms with Crippen LogP contribution >= 0.6 is 46.7 Å². The number of guanidine groups is 1. The molecular formula is C15H23IN4S2. The summed E-state index contributed by atoms with van der Waals surface area (Å²) >= 11 is 3.43. The number of aliphatic imine (C=N–C) groups is 1. The molecule has 0 amide bonds. The molecule has 0 saturated carbocycles. The van der Waals surface area contributed by atoms with Crippen LogP contribution in [0.15, 0.2) is 27.9 Å². The van der Waals surface area contributed by atoms with Crippen molar-refractivity contribution in [1.29, 1.82) is 0 Å². The number of rotatable bonds is 4. The minimum Gasteiger partial charge on any atom is -0.352 e. The van der Waals surface area contributed by atoms with Crippen molar-refractivity contribution in [2.75, 3.05) is 7.05 Å². The van der Waals surface area contributed by atoms with E-state index in [1.54, 1.807) is 29.7 Å². The summed E-state index contributed by atoms with van der Waals surface area (Å²) in [6.07, 6.45) is 0. The summed E-state index contributed by atoms with van der Waals surface area (Å²) in [5.74, 6) is 0.802. The molecule has 0 aliphatic rings. The van der Waals surface area contributed by atoms with E-state index < -0.39 is 0 Å². The molecule has 0 unspecified atom stereocenters. The third kappa shape index (κ3) is 5.85. The van der Waals surface area contributed by atoms with E-state index in [1.165, 1.54) is 4.88 Å². The minimum atomic E-state index is 0. The zero-order chi connectivity index (χ0) is 15.3. The van der Waals surface area contributed by atoms with Crippen molar-refractivity contribution in [3.8, 4) is 0 Å². The number of halogens is 1. The lowest BCUT2D eigenvalue weighted by atomic mass is 9.93. The molecule has 0 saturated heterocycles. The molecule has 2 aromatic rings. The fraction of sp³-hybridized carbons (Fsp3) is 0.467. The zero-order valence-electron chi connectivity index (χ0n) is 13.3. The average molecular weight is 450 g/mol. The maximum Gasteiger partial charge on any atom is 0.191 e. The number of thiophene rings is 1. The third-order valence-electron chi connectivity index (χ3n) is 2.96. The average Bonchev–Trinajstić information content (AvgIpc) is 3.09. The van der Waals surface area contributed by atoms with Gasteiger partial charge in [-0.15, -0.1) is 46.7 Å². The second kappa shape index (κ2) is 8.83. The van der Waals surface area contributed by atoms with E-state index in [9.17, 15) is 0 Å². The van der Waals surface area contributed by atoms with Crippen LogP contribution in [0.2, 0.25) is 0 Å². The molecule has 0 atom stereocenters. The van der Waals surface area contributed by atoms with Crippen molar-refractivity contribution in [1.82, 2.24) is 15.6 Å². The molecule has 122 valence electrons. The topological polar surface area (TPSA) is 49.3 Å². The largest absolute Gasteiger partial charge is 0.352 e. The van der Waals surface area contributed by atoms with Crippen molar-refractivity contribution >= 4 is 52.6 Å². The fourth-order valence-electron chi connectivity index (χ4n) is 1.70. The predicted octanol–water partition coefficient (Wildman–Crippen LogP) is 3.99. The maximum absolute atomic E-state index is 4.67. The molecule has 2 aromatic heterocycles. The van der Waals surface area contributed by atoms with Gasteiger partial charge in [0.05, 0.1) is 18.8 Å². The highest BCUT2D eigenvalue weighted by molar-refractivity contribution is 14.0. The summed E-state index contributed by atoms with van der Waals surface area (Å²) in [5, 5.41) is 11.9. The van der Waals surface area contributed by atoms with E-state index in [4.69, 9.17) is 0 Å². The minimum absolute atomic E-state index is 0. The van der Waals surface area contributed by atoms with Gasteiger partial charge in [-0.05, 0) is 11.4 Å². The molecule has 0 aliphatic heterocycles. The number of aromatic nitrogens is 1. The Labute approximate surface area is 157 Å². The van der Waals surface area contributed by atoms with Crippen LogP contribution in [0.25, 0.3) is 0 Å². The molecule has 0 aromatic carbocycles. The number of thiazole rings is 1. The lowest BCUT2D eigenvalue weighted by Gasteiger charge is -2.14. The maximum atomic E-state index is 4.67. The quantitative estimate of drug-likeness (QED) is 0.421. The van der Waals surface area contributed by atoms with Gasteiger partial charge < -0.3 is 10.6 Å². The van der Waals surface area contributed by atoms with Crippen LogP contribution in [-0.4, -0.2) is 18.0 Å². The van der Waals surface area contributed by atoms with Gasteiger partial charge in [-0.3, -0.25) is 4.99 Å². The van der Waals surface area contributed by atoms with Gasteiger partial charge >= 0.3 is 0 Å². The highest BCUT2D eigenvalue weighted by Gasteiger charge is 2.17. The Morgan fingerprint density at radius 3 is 2.50 bits per heavy atom. The summed E-state index contributed by atoms with van der Waals surface area (Å²) in [6.45, 7) is 8.04. The normalized spacial score (nSPS) is 11.9. The zero-order valence-corrected chi connectivity index (χ0v) is 17.3. The molecule has 2 rings (SSSR count). The summed E-state index contributed by atoms with van der Waals surface area (Å²) in [4.78, 5) is 10.2. The summed E-state index contributed by atoms with van der Waals surface area (Å²) < 4.78 is 0. The molecule has 0 fully saturated rings. The highest BCUT2D eigenvalue weighted by atomic mass is 127. The molecular weight excluding hydrogens is 427 g/mol. The predicted molar refractivity (Wildman–Crippen MR) is 108 cm³/mol. The first-order valence-corrected chi connectivity index (χ1v) is 8.67. The van der Waals surface area contributed by atoms with Crippen LogP contribution in [0, 0.1) is 0 Å². The lowest BCUT2D eigenvalue weighted by molar-refractivity contribution is 0.570. The smallest absolute Gasteiger partial charge is 0.191 e. The van der Waals surface area contributed by atoms with E-state index in [0.29, 0.717) is 6.54 Å². The van der Waals surface area contributed by atoms with Gasteiger partial charge in [0.2, 0.25) is 0 Å². The van der Waals surface area contributed by atoms with E-state index in [1.807, 2.05) is 0 Å². The first kappa shape index (κ1) is 19.4. The van der Waals surface area contributed by atoms with Crippen molar-refractivity contribution in [2.45, 2.75) is 39.3 Å². The van der Waals surface area contributed by atoms with E-state index in [-0.39, 0.29) is 29.4 Å². The van der Waals surface area contributed by atoms with E-state index in [0.717, 1.165) is 23.2 Å². The second-order valence-corrected chi connectivity index (χ2v) is 7.71. The monoisotopic (exact) mass is 450 g/mol. The van der Waals surface area contributed by atoms with Crippen LogP contribution < -0.4 is 10.6 Å². The molecule has 0 aliphatic carbocycles. The Kier molecular flexibility index (Phi) is 7.78. The van der Waals surface area contributed by atoms with Gasteiger partial charge in [-0.2, -0.15) is 0 Å². The SMILES string of the molecule is CN=C(NCc1cccs1)NCc1nc(C(C)(C)C)cs1.I. The molecule has 0 spiro atoms. The standard InChI is InChI=1S/C15H22N4S2.HI/c1-15(2,3)12-10-21-13(19-12)9-18-14(16-4)17-8-11-6-5-7-20-11;/h5-7,10H,8-9H2,1-4H3,(H2,16,17,18);1H. The van der Waals surface area contributed by atoms with Gasteiger partial charge in [0, 0.05) is 22.7 Å². The molecule has 2 heterocycles. The van der Waals surface area contributed by atoms with Crippen LogP contribution in [0.3, 0.4) is 0 Å². The number of hydrogen-bond donors (Lipinski definition) is 2. The first-order valence-electron chi connectivity index (χ1n) is 6.91. The van der Waals surface area contributed by atoms with E-state index in [2.05, 4.69) is 64.3 Å². The summed E-state index contributed by atoms with van der Waals surface area (Å²) in [6, 6.07) is 4.17. The fourth-order valence-corrected chi connectivity index (χ4v) is 3.31. The van der Waals surface area contributed by atoms with Crippen LogP contribution in [0.5, 0.6) is 0 Å². The van der Waals surface area contributed by atoms with Crippen LogP contribution in [0.1, 0.15) is 36.3 Å². The first-order chi connectivity index (χ1) is 9.99. The van der Waals surface area contributed by atoms with Gasteiger partial charge in [0.15, 0.2) is 5.96 Å². The van der Waals surface area contributed by atoms with Crippen molar-refractivity contribution in [3.05, 3.63) is 38.5 Å². The molecule has 22 heavy (non-hydrogen) atoms. The molecule has 7 heteroatoms. The second-order valence-electron chi connectivity index (χ2n) is 5.74. The Bertz CT molecular complexity index is 585. The summed E-state index contributed by atoms with van der Waals surface area (Å²) in [7, 11) is 1.78. The van der Waals surface area contributed by atoms with Crippen LogP contribution in [-0.2, 0) is 18.5 Å². The van der Waals surface area contributed by atoms with Crippen molar-refractivity contribution in [3.63, 3.8) is 0 Å². The van der Waals surface area contributed by atoms with E-state index >= 15 is 0 Å². The Morgan fingerprint density at radius 1 is 1.23 bits per heavy atom. The number of hydrogen-bond acceptors (Lipinski definition) is 4. The highest BCUT2D eigenvalue weighted by Crippen LogP contribution is 2.23. The molecule has 0 radical (unpaired) electrons. The number of nitrogens with one attached hydrogen (secondary N) is 2. The van der Waals surface area contributed by atoms with Crippen molar-refractivity contribution < 1.29 is 0 Å². The van der Waals surface area contributed by atoms with Gasteiger partial charge in [0.1, 0.15) is 5.01 Å². The van der Waals surface area contributed by atoms with Gasteiger partial charge in [-0.25, -0.2) is 4.98 Å². The molecule has 4 nitrogen and oxygen atoms in total. The van der Waals surface area contributed by atoms with Gasteiger partial charge in [-0.1, -0.05) is 26.8 Å². The van der Waals surface area contributed by atoms with Gasteiger partial charge in [0.25, 0.3) is 0 Å². The summed E-state index contributed by atoms with van der Waals surface area (Å²) in [5.41, 5.74) is 1.25. The van der Waals surface area contributed by atoms with Crippen molar-refractivity contribution in [2.24, 2.45) is 4.99 Å². The Morgan fingerprint density at radius 2 is 1.95 bits per heavy atom. The Balaban J connectivity index is 0.00000242. The molecule has 2 N–H and O–H groups in total. The van der Waals surface area contributed by atoms with Crippen LogP contribution in [0.4, 0.5) is 0 Å².